The molecule has 0 rings (SSSR count). The Hall–Kier alpha value is -1.32. The Morgan fingerprint density at radius 1 is 0.828 bits per heavy atom. The standard InChI is InChI=1S/C25H47NO3/c1-7-9-11-13-14-16-18-22(17-15-12-10-8-2)24(28)26-21(3)19-20-23(27)29-25(4,5)6/h22H,3,7-20H2,1-2,4-6H3,(H,26,28). The van der Waals surface area contributed by atoms with E-state index < -0.39 is 5.60 Å². The summed E-state index contributed by atoms with van der Waals surface area (Å²) in [5, 5.41) is 2.96. The maximum atomic E-state index is 12.8. The summed E-state index contributed by atoms with van der Waals surface area (Å²) >= 11 is 0. The third-order valence-electron chi connectivity index (χ3n) is 5.03. The van der Waals surface area contributed by atoms with Crippen molar-refractivity contribution in [3.05, 3.63) is 12.3 Å². The van der Waals surface area contributed by atoms with Crippen LogP contribution in [0, 0.1) is 5.92 Å². The molecule has 29 heavy (non-hydrogen) atoms. The maximum absolute atomic E-state index is 12.8. The molecule has 1 N–H and O–H groups in total. The van der Waals surface area contributed by atoms with E-state index in [1.807, 2.05) is 20.8 Å². The predicted octanol–water partition coefficient (Wildman–Crippen LogP) is 7.08. The highest BCUT2D eigenvalue weighted by Gasteiger charge is 2.20. The minimum Gasteiger partial charge on any atom is -0.460 e. The fraction of sp³-hybridized carbons (Fsp3) is 0.840. The Morgan fingerprint density at radius 3 is 1.83 bits per heavy atom. The molecule has 0 radical (unpaired) electrons. The van der Waals surface area contributed by atoms with E-state index >= 15 is 0 Å². The van der Waals surface area contributed by atoms with Gasteiger partial charge in [0.1, 0.15) is 5.60 Å². The van der Waals surface area contributed by atoms with E-state index in [-0.39, 0.29) is 24.2 Å². The molecule has 0 aliphatic carbocycles. The first-order valence-corrected chi connectivity index (χ1v) is 11.9. The first-order valence-electron chi connectivity index (χ1n) is 11.9. The number of ether oxygens (including phenoxy) is 1. The number of carbonyl (C=O) groups is 2. The molecule has 0 aromatic rings. The number of amides is 1. The lowest BCUT2D eigenvalue weighted by Crippen LogP contribution is -2.30. The molecule has 0 aliphatic rings. The molecular weight excluding hydrogens is 362 g/mol. The van der Waals surface area contributed by atoms with Crippen LogP contribution in [0.4, 0.5) is 0 Å². The largest absolute Gasteiger partial charge is 0.460 e. The zero-order valence-electron chi connectivity index (χ0n) is 19.9. The molecule has 170 valence electrons. The highest BCUT2D eigenvalue weighted by Crippen LogP contribution is 2.20. The van der Waals surface area contributed by atoms with Crippen molar-refractivity contribution < 1.29 is 14.3 Å². The van der Waals surface area contributed by atoms with Crippen molar-refractivity contribution in [3.63, 3.8) is 0 Å². The van der Waals surface area contributed by atoms with Crippen LogP contribution in [0.2, 0.25) is 0 Å². The second kappa shape index (κ2) is 16.5. The molecule has 0 fully saturated rings. The Morgan fingerprint density at radius 2 is 1.31 bits per heavy atom. The van der Waals surface area contributed by atoms with Gasteiger partial charge in [0.2, 0.25) is 5.91 Å². The van der Waals surface area contributed by atoms with Crippen LogP contribution in [0.1, 0.15) is 125 Å². The van der Waals surface area contributed by atoms with Gasteiger partial charge in [-0.25, -0.2) is 0 Å². The lowest BCUT2D eigenvalue weighted by Gasteiger charge is -2.20. The third kappa shape index (κ3) is 17.3. The molecule has 0 saturated carbocycles. The van der Waals surface area contributed by atoms with Gasteiger partial charge in [0.15, 0.2) is 0 Å². The number of rotatable bonds is 17. The van der Waals surface area contributed by atoms with Gasteiger partial charge in [-0.05, 0) is 40.0 Å². The highest BCUT2D eigenvalue weighted by atomic mass is 16.6. The Labute approximate surface area is 180 Å². The number of hydrogen-bond acceptors (Lipinski definition) is 3. The molecule has 0 aromatic carbocycles. The Balaban J connectivity index is 4.39. The molecule has 0 spiro atoms. The molecular formula is C25H47NO3. The average molecular weight is 410 g/mol. The fourth-order valence-corrected chi connectivity index (χ4v) is 3.38. The minimum atomic E-state index is -0.484. The van der Waals surface area contributed by atoms with E-state index in [0.29, 0.717) is 12.1 Å². The normalized spacial score (nSPS) is 12.4. The van der Waals surface area contributed by atoms with E-state index in [4.69, 9.17) is 4.74 Å². The predicted molar refractivity (Wildman–Crippen MR) is 123 cm³/mol. The first-order chi connectivity index (χ1) is 13.7. The van der Waals surface area contributed by atoms with Crippen molar-refractivity contribution in [2.45, 2.75) is 130 Å². The summed E-state index contributed by atoms with van der Waals surface area (Å²) in [5.74, 6) is -0.128. The van der Waals surface area contributed by atoms with Crippen LogP contribution in [-0.4, -0.2) is 17.5 Å². The van der Waals surface area contributed by atoms with Crippen molar-refractivity contribution >= 4 is 11.9 Å². The van der Waals surface area contributed by atoms with Gasteiger partial charge in [-0.3, -0.25) is 9.59 Å². The maximum Gasteiger partial charge on any atom is 0.306 e. The van der Waals surface area contributed by atoms with Crippen molar-refractivity contribution in [3.8, 4) is 0 Å². The Kier molecular flexibility index (Phi) is 15.7. The number of nitrogens with one attached hydrogen (secondary N) is 1. The van der Waals surface area contributed by atoms with E-state index in [2.05, 4.69) is 25.7 Å². The lowest BCUT2D eigenvalue weighted by atomic mass is 9.93. The SMILES string of the molecule is C=C(CCC(=O)OC(C)(C)C)NC(=O)C(CCCCCC)CCCCCCCC. The smallest absolute Gasteiger partial charge is 0.306 e. The number of allylic oxidation sites excluding steroid dienone is 1. The summed E-state index contributed by atoms with van der Waals surface area (Å²) < 4.78 is 5.32. The first kappa shape index (κ1) is 27.7. The van der Waals surface area contributed by atoms with Crippen LogP contribution >= 0.6 is 0 Å². The lowest BCUT2D eigenvalue weighted by molar-refractivity contribution is -0.154. The second-order valence-corrected chi connectivity index (χ2v) is 9.28. The summed E-state index contributed by atoms with van der Waals surface area (Å²) in [7, 11) is 0. The van der Waals surface area contributed by atoms with Crippen molar-refractivity contribution in [2.75, 3.05) is 0 Å². The summed E-state index contributed by atoms with van der Waals surface area (Å²) in [6.07, 6.45) is 14.7. The van der Waals surface area contributed by atoms with Crippen LogP contribution in [0.25, 0.3) is 0 Å². The number of hydrogen-bond donors (Lipinski definition) is 1. The molecule has 4 nitrogen and oxygen atoms in total. The van der Waals surface area contributed by atoms with Gasteiger partial charge in [0.25, 0.3) is 0 Å². The van der Waals surface area contributed by atoms with Crippen LogP contribution in [-0.2, 0) is 14.3 Å². The van der Waals surface area contributed by atoms with Gasteiger partial charge in [-0.15, -0.1) is 0 Å². The van der Waals surface area contributed by atoms with E-state index in [1.54, 1.807) is 0 Å². The summed E-state index contributed by atoms with van der Waals surface area (Å²) in [6.45, 7) is 13.9. The monoisotopic (exact) mass is 409 g/mol. The third-order valence-corrected chi connectivity index (χ3v) is 5.03. The Bertz CT molecular complexity index is 465. The molecule has 0 heterocycles. The van der Waals surface area contributed by atoms with Gasteiger partial charge < -0.3 is 10.1 Å². The summed E-state index contributed by atoms with van der Waals surface area (Å²) in [6, 6.07) is 0. The van der Waals surface area contributed by atoms with Crippen molar-refractivity contribution in [2.24, 2.45) is 5.92 Å². The second-order valence-electron chi connectivity index (χ2n) is 9.28. The van der Waals surface area contributed by atoms with Crippen molar-refractivity contribution in [1.82, 2.24) is 5.32 Å². The van der Waals surface area contributed by atoms with Crippen LogP contribution in [0.5, 0.6) is 0 Å². The van der Waals surface area contributed by atoms with Gasteiger partial charge in [-0.1, -0.05) is 84.6 Å². The number of unbranched alkanes of at least 4 members (excludes halogenated alkanes) is 8. The molecule has 0 aromatic heterocycles. The molecule has 0 aliphatic heterocycles. The van der Waals surface area contributed by atoms with Crippen molar-refractivity contribution in [1.29, 1.82) is 0 Å². The summed E-state index contributed by atoms with van der Waals surface area (Å²) in [5.41, 5.74) is 0.130. The van der Waals surface area contributed by atoms with Gasteiger partial charge in [0.05, 0.1) is 6.42 Å². The minimum absolute atomic E-state index is 0.0521. The summed E-state index contributed by atoms with van der Waals surface area (Å²) in [4.78, 5) is 24.6. The number of carbonyl (C=O) groups excluding carboxylic acids is 2. The van der Waals surface area contributed by atoms with Gasteiger partial charge in [-0.2, -0.15) is 0 Å². The average Bonchev–Trinajstić information content (AvgIpc) is 2.63. The molecule has 1 atom stereocenters. The zero-order valence-corrected chi connectivity index (χ0v) is 19.9. The molecule has 0 saturated heterocycles. The topological polar surface area (TPSA) is 55.4 Å². The fourth-order valence-electron chi connectivity index (χ4n) is 3.38. The van der Waals surface area contributed by atoms with Gasteiger partial charge >= 0.3 is 5.97 Å². The molecule has 4 heteroatoms. The molecule has 0 bridgehead atoms. The highest BCUT2D eigenvalue weighted by molar-refractivity contribution is 5.80. The van der Waals surface area contributed by atoms with Crippen LogP contribution in [0.15, 0.2) is 12.3 Å². The van der Waals surface area contributed by atoms with Gasteiger partial charge in [0, 0.05) is 11.6 Å². The molecule has 1 amide bonds. The number of esters is 1. The quantitative estimate of drug-likeness (QED) is 0.206. The zero-order chi connectivity index (χ0) is 22.1. The molecule has 1 unspecified atom stereocenters. The van der Waals surface area contributed by atoms with E-state index in [0.717, 1.165) is 25.7 Å². The van der Waals surface area contributed by atoms with Crippen LogP contribution in [0.3, 0.4) is 0 Å². The van der Waals surface area contributed by atoms with E-state index in [1.165, 1.54) is 51.4 Å². The van der Waals surface area contributed by atoms with E-state index in [9.17, 15) is 9.59 Å². The van der Waals surface area contributed by atoms with Crippen LogP contribution < -0.4 is 5.32 Å².